The van der Waals surface area contributed by atoms with Crippen LogP contribution >= 0.6 is 11.3 Å². The average molecular weight is 368 g/mol. The number of cyclic esters (lactones) is 2. The van der Waals surface area contributed by atoms with Gasteiger partial charge >= 0.3 is 11.9 Å². The zero-order valence-corrected chi connectivity index (χ0v) is 15.4. The van der Waals surface area contributed by atoms with Crippen LogP contribution in [0.4, 0.5) is 5.13 Å². The number of hydrogen-bond acceptors (Lipinski definition) is 8. The largest absolute Gasteiger partial charge is 0.459 e. The first kappa shape index (κ1) is 18.1. The van der Waals surface area contributed by atoms with Crippen LogP contribution in [0.3, 0.4) is 0 Å². The Labute approximate surface area is 150 Å². The van der Waals surface area contributed by atoms with E-state index >= 15 is 0 Å². The van der Waals surface area contributed by atoms with E-state index in [-0.39, 0.29) is 12.8 Å². The van der Waals surface area contributed by atoms with Crippen molar-refractivity contribution >= 4 is 28.4 Å². The molecule has 3 rings (SSSR count). The Morgan fingerprint density at radius 3 is 2.88 bits per heavy atom. The van der Waals surface area contributed by atoms with E-state index in [9.17, 15) is 9.59 Å². The van der Waals surface area contributed by atoms with E-state index in [4.69, 9.17) is 19.9 Å². The van der Waals surface area contributed by atoms with Gasteiger partial charge in [0.05, 0.1) is 12.3 Å². The SMILES string of the molecule is CCCCCOC[C@H]1C[C@@]2(C[C@@](C)(c3csc(N)n3)OC2=O)C(=O)O1. The summed E-state index contributed by atoms with van der Waals surface area (Å²) in [5.74, 6) is -1.06. The minimum absolute atomic E-state index is 0.215. The average Bonchev–Trinajstić information content (AvgIpc) is 3.19. The number of anilines is 1. The molecule has 0 amide bonds. The second-order valence-corrected chi connectivity index (χ2v) is 7.85. The Morgan fingerprint density at radius 1 is 1.40 bits per heavy atom. The molecule has 0 radical (unpaired) electrons. The molecule has 0 bridgehead atoms. The van der Waals surface area contributed by atoms with E-state index in [0.717, 1.165) is 19.3 Å². The zero-order chi connectivity index (χ0) is 18.1. The topological polar surface area (TPSA) is 101 Å². The third-order valence-corrected chi connectivity index (χ3v) is 5.52. The maximum Gasteiger partial charge on any atom is 0.324 e. The van der Waals surface area contributed by atoms with Crippen molar-refractivity contribution in [3.8, 4) is 0 Å². The van der Waals surface area contributed by atoms with E-state index in [2.05, 4.69) is 11.9 Å². The summed E-state index contributed by atoms with van der Waals surface area (Å²) in [5, 5.41) is 2.16. The number of ether oxygens (including phenoxy) is 3. The number of carbonyl (C=O) groups is 2. The van der Waals surface area contributed by atoms with Crippen molar-refractivity contribution in [2.24, 2.45) is 5.41 Å². The summed E-state index contributed by atoms with van der Waals surface area (Å²) in [6.07, 6.45) is 3.30. The lowest BCUT2D eigenvalue weighted by atomic mass is 9.78. The summed E-state index contributed by atoms with van der Waals surface area (Å²) in [5.41, 5.74) is 4.04. The highest BCUT2D eigenvalue weighted by atomic mass is 32.1. The summed E-state index contributed by atoms with van der Waals surface area (Å²) in [4.78, 5) is 29.2. The maximum atomic E-state index is 12.5. The van der Waals surface area contributed by atoms with Crippen molar-refractivity contribution < 1.29 is 23.8 Å². The highest BCUT2D eigenvalue weighted by molar-refractivity contribution is 7.13. The highest BCUT2D eigenvalue weighted by Crippen LogP contribution is 2.52. The van der Waals surface area contributed by atoms with Crippen LogP contribution in [0.5, 0.6) is 0 Å². The van der Waals surface area contributed by atoms with E-state index in [1.807, 2.05) is 0 Å². The molecule has 0 aromatic carbocycles. The van der Waals surface area contributed by atoms with Crippen molar-refractivity contribution in [1.82, 2.24) is 4.98 Å². The van der Waals surface area contributed by atoms with E-state index in [1.165, 1.54) is 11.3 Å². The predicted molar refractivity (Wildman–Crippen MR) is 91.9 cm³/mol. The second-order valence-electron chi connectivity index (χ2n) is 6.96. The van der Waals surface area contributed by atoms with Crippen LogP contribution in [-0.4, -0.2) is 36.2 Å². The maximum absolute atomic E-state index is 12.5. The third kappa shape index (κ3) is 3.37. The standard InChI is InChI=1S/C17H24N2O5S/c1-3-4-5-6-22-8-11-7-17(13(20)23-11)10-16(2,24-14(17)21)12-9-25-15(18)19-12/h9,11H,3-8,10H2,1-2H3,(H2,18,19)/t11-,16+,17-/m1/s1. The van der Waals surface area contributed by atoms with Crippen LogP contribution in [0.2, 0.25) is 0 Å². The Balaban J connectivity index is 1.65. The quantitative estimate of drug-likeness (QED) is 0.448. The number of rotatable bonds is 7. The van der Waals surface area contributed by atoms with Crippen molar-refractivity contribution in [2.45, 2.75) is 57.7 Å². The smallest absolute Gasteiger partial charge is 0.324 e. The number of thiazole rings is 1. The molecular weight excluding hydrogens is 344 g/mol. The van der Waals surface area contributed by atoms with E-state index < -0.39 is 29.1 Å². The fraction of sp³-hybridized carbons (Fsp3) is 0.706. The molecule has 3 heterocycles. The van der Waals surface area contributed by atoms with Gasteiger partial charge in [-0.3, -0.25) is 9.59 Å². The molecule has 1 aromatic heterocycles. The first-order valence-corrected chi connectivity index (χ1v) is 9.51. The molecule has 2 fully saturated rings. The summed E-state index contributed by atoms with van der Waals surface area (Å²) in [6.45, 7) is 4.83. The summed E-state index contributed by atoms with van der Waals surface area (Å²) in [7, 11) is 0. The lowest BCUT2D eigenvalue weighted by Gasteiger charge is -2.20. The van der Waals surface area contributed by atoms with Gasteiger partial charge in [0.1, 0.15) is 6.10 Å². The number of hydrogen-bond donors (Lipinski definition) is 1. The molecular formula is C17H24N2O5S. The fourth-order valence-electron chi connectivity index (χ4n) is 3.51. The number of nitrogens with zero attached hydrogens (tertiary/aromatic N) is 1. The number of nitrogens with two attached hydrogens (primary N) is 1. The van der Waals surface area contributed by atoms with Gasteiger partial charge in [-0.2, -0.15) is 0 Å². The first-order valence-electron chi connectivity index (χ1n) is 8.63. The van der Waals surface area contributed by atoms with Gasteiger partial charge in [-0.15, -0.1) is 11.3 Å². The highest BCUT2D eigenvalue weighted by Gasteiger charge is 2.65. The molecule has 0 aliphatic carbocycles. The van der Waals surface area contributed by atoms with Crippen molar-refractivity contribution in [2.75, 3.05) is 18.9 Å². The van der Waals surface area contributed by atoms with Crippen molar-refractivity contribution in [3.63, 3.8) is 0 Å². The van der Waals surface area contributed by atoms with Crippen LogP contribution in [0.25, 0.3) is 0 Å². The molecule has 2 N–H and O–H groups in total. The third-order valence-electron chi connectivity index (χ3n) is 4.85. The van der Waals surface area contributed by atoms with Crippen LogP contribution in [-0.2, 0) is 29.4 Å². The van der Waals surface area contributed by atoms with E-state index in [1.54, 1.807) is 12.3 Å². The number of carbonyl (C=O) groups excluding carboxylic acids is 2. The van der Waals surface area contributed by atoms with Gasteiger partial charge < -0.3 is 19.9 Å². The lowest BCUT2D eigenvalue weighted by molar-refractivity contribution is -0.160. The predicted octanol–water partition coefficient (Wildman–Crippen LogP) is 2.40. The number of aromatic nitrogens is 1. The van der Waals surface area contributed by atoms with Gasteiger partial charge in [0, 0.05) is 24.8 Å². The molecule has 0 unspecified atom stereocenters. The van der Waals surface area contributed by atoms with Gasteiger partial charge in [0.2, 0.25) is 0 Å². The molecule has 1 spiro atoms. The van der Waals surface area contributed by atoms with Crippen LogP contribution < -0.4 is 5.73 Å². The normalized spacial score (nSPS) is 31.5. The zero-order valence-electron chi connectivity index (χ0n) is 14.6. The van der Waals surface area contributed by atoms with Crippen LogP contribution in [0, 0.1) is 5.41 Å². The first-order chi connectivity index (χ1) is 11.9. The van der Waals surface area contributed by atoms with Gasteiger partial charge in [-0.05, 0) is 13.3 Å². The monoisotopic (exact) mass is 368 g/mol. The molecule has 138 valence electrons. The van der Waals surface area contributed by atoms with E-state index in [0.29, 0.717) is 24.0 Å². The van der Waals surface area contributed by atoms with Gasteiger partial charge in [0.25, 0.3) is 0 Å². The molecule has 0 saturated carbocycles. The Hall–Kier alpha value is -1.67. The van der Waals surface area contributed by atoms with Gasteiger partial charge in [-0.1, -0.05) is 19.8 Å². The Morgan fingerprint density at radius 2 is 2.20 bits per heavy atom. The molecule has 7 nitrogen and oxygen atoms in total. The van der Waals surface area contributed by atoms with Crippen molar-refractivity contribution in [1.29, 1.82) is 0 Å². The summed E-state index contributed by atoms with van der Waals surface area (Å²) >= 11 is 1.28. The Kier molecular flexibility index (Phi) is 5.02. The van der Waals surface area contributed by atoms with Crippen molar-refractivity contribution in [3.05, 3.63) is 11.1 Å². The molecule has 2 aliphatic rings. The van der Waals surface area contributed by atoms with Crippen LogP contribution in [0.1, 0.15) is 51.6 Å². The van der Waals surface area contributed by atoms with Gasteiger partial charge in [-0.25, -0.2) is 4.98 Å². The Bertz CT molecular complexity index is 663. The fourth-order valence-corrected chi connectivity index (χ4v) is 4.20. The minimum Gasteiger partial charge on any atom is -0.459 e. The number of nitrogen functional groups attached to an aromatic ring is 1. The summed E-state index contributed by atoms with van der Waals surface area (Å²) < 4.78 is 16.6. The number of esters is 2. The molecule has 25 heavy (non-hydrogen) atoms. The second kappa shape index (κ2) is 6.92. The molecule has 1 aromatic rings. The lowest BCUT2D eigenvalue weighted by Crippen LogP contribution is -2.32. The summed E-state index contributed by atoms with van der Waals surface area (Å²) in [6, 6.07) is 0. The number of unbranched alkanes of at least 4 members (excludes halogenated alkanes) is 2. The van der Waals surface area contributed by atoms with Crippen LogP contribution in [0.15, 0.2) is 5.38 Å². The molecule has 2 saturated heterocycles. The van der Waals surface area contributed by atoms with Gasteiger partial charge in [0.15, 0.2) is 16.1 Å². The molecule has 3 atom stereocenters. The molecule has 8 heteroatoms. The minimum atomic E-state index is -1.26. The molecule has 2 aliphatic heterocycles.